The molecule has 2 rings (SSSR count). The Morgan fingerprint density at radius 1 is 1.15 bits per heavy atom. The van der Waals surface area contributed by atoms with Crippen molar-refractivity contribution in [3.63, 3.8) is 0 Å². The van der Waals surface area contributed by atoms with E-state index in [1.54, 1.807) is 0 Å². The highest BCUT2D eigenvalue weighted by molar-refractivity contribution is 5.99. The summed E-state index contributed by atoms with van der Waals surface area (Å²) in [6.07, 6.45) is -5.21. The number of hydrogen-bond donors (Lipinski definition) is 4. The molecule has 1 aliphatic rings. The van der Waals surface area contributed by atoms with Crippen molar-refractivity contribution in [2.75, 3.05) is 0 Å². The molecule has 0 amide bonds. The van der Waals surface area contributed by atoms with Gasteiger partial charge in [-0.15, -0.1) is 0 Å². The van der Waals surface area contributed by atoms with Crippen LogP contribution in [0.5, 0.6) is 0 Å². The lowest BCUT2D eigenvalue weighted by Crippen LogP contribution is -2.68. The van der Waals surface area contributed by atoms with Crippen molar-refractivity contribution in [2.45, 2.75) is 50.4 Å². The summed E-state index contributed by atoms with van der Waals surface area (Å²) in [7, 11) is 0. The number of H-pyrrole nitrogens is 1. The number of carbonyl (C=O) groups excluding carboxylic acids is 3. The number of rotatable bonds is 5. The first-order valence-electron chi connectivity index (χ1n) is 7.51. The van der Waals surface area contributed by atoms with Gasteiger partial charge in [-0.1, -0.05) is 0 Å². The van der Waals surface area contributed by atoms with E-state index < -0.39 is 58.2 Å². The maximum absolute atomic E-state index is 12.2. The van der Waals surface area contributed by atoms with Crippen LogP contribution in [0.3, 0.4) is 0 Å². The molecule has 1 aliphatic heterocycles. The minimum Gasteiger partial charge on any atom is -0.382 e. The molecule has 142 valence electrons. The molecule has 0 aliphatic carbocycles. The van der Waals surface area contributed by atoms with Crippen LogP contribution in [0.4, 0.5) is 0 Å². The van der Waals surface area contributed by atoms with Crippen LogP contribution in [0.25, 0.3) is 0 Å². The summed E-state index contributed by atoms with van der Waals surface area (Å²) in [6, 6.07) is 0.882. The number of aromatic amines is 1. The number of ketones is 3. The Hall–Kier alpha value is -2.47. The van der Waals surface area contributed by atoms with Gasteiger partial charge in [0.15, 0.2) is 29.2 Å². The molecule has 11 nitrogen and oxygen atoms in total. The summed E-state index contributed by atoms with van der Waals surface area (Å²) in [6.45, 7) is 2.61. The zero-order valence-corrected chi connectivity index (χ0v) is 14.1. The molecule has 26 heavy (non-hydrogen) atoms. The lowest BCUT2D eigenvalue weighted by molar-refractivity contribution is -0.184. The molecule has 1 aromatic heterocycles. The first-order valence-corrected chi connectivity index (χ1v) is 7.51. The molecule has 11 heteroatoms. The molecule has 5 atom stereocenters. The summed E-state index contributed by atoms with van der Waals surface area (Å²) in [5.41, 5.74) is -7.92. The van der Waals surface area contributed by atoms with E-state index in [0.717, 1.165) is 33.0 Å². The van der Waals surface area contributed by atoms with Crippen molar-refractivity contribution in [3.05, 3.63) is 33.1 Å². The average molecular weight is 370 g/mol. The van der Waals surface area contributed by atoms with Crippen molar-refractivity contribution in [2.24, 2.45) is 0 Å². The zero-order chi connectivity index (χ0) is 20.0. The molecule has 1 aromatic rings. The van der Waals surface area contributed by atoms with Gasteiger partial charge in [0.2, 0.25) is 5.60 Å². The van der Waals surface area contributed by atoms with Gasteiger partial charge in [-0.25, -0.2) is 4.79 Å². The van der Waals surface area contributed by atoms with Crippen molar-refractivity contribution in [1.82, 2.24) is 9.55 Å². The third-order valence-electron chi connectivity index (χ3n) is 4.51. The summed E-state index contributed by atoms with van der Waals surface area (Å²) in [4.78, 5) is 61.0. The van der Waals surface area contributed by atoms with Crippen LogP contribution in [-0.4, -0.2) is 65.6 Å². The van der Waals surface area contributed by atoms with Gasteiger partial charge in [-0.05, 0) is 20.8 Å². The Morgan fingerprint density at radius 2 is 1.69 bits per heavy atom. The van der Waals surface area contributed by atoms with Gasteiger partial charge in [-0.2, -0.15) is 0 Å². The molecule has 0 unspecified atom stereocenters. The number of aliphatic hydroxyl groups is 3. The topological polar surface area (TPSA) is 176 Å². The quantitative estimate of drug-likeness (QED) is 0.421. The molecule has 0 spiro atoms. The van der Waals surface area contributed by atoms with E-state index >= 15 is 0 Å². The molecule has 4 N–H and O–H groups in total. The average Bonchev–Trinajstić information content (AvgIpc) is 2.78. The highest BCUT2D eigenvalue weighted by Crippen LogP contribution is 2.47. The molecule has 2 heterocycles. The van der Waals surface area contributed by atoms with Gasteiger partial charge in [0.1, 0.15) is 12.2 Å². The monoisotopic (exact) mass is 370 g/mol. The van der Waals surface area contributed by atoms with Gasteiger partial charge in [-0.3, -0.25) is 28.7 Å². The van der Waals surface area contributed by atoms with Crippen LogP contribution < -0.4 is 11.2 Å². The first-order chi connectivity index (χ1) is 11.9. The number of nitrogens with zero attached hydrogens (tertiary/aromatic N) is 1. The second kappa shape index (κ2) is 6.36. The van der Waals surface area contributed by atoms with E-state index in [9.17, 15) is 39.3 Å². The fraction of sp³-hybridized carbons (Fsp3) is 0.533. The summed E-state index contributed by atoms with van der Waals surface area (Å²) >= 11 is 0. The van der Waals surface area contributed by atoms with E-state index in [1.807, 2.05) is 4.98 Å². The third kappa shape index (κ3) is 2.56. The summed E-state index contributed by atoms with van der Waals surface area (Å²) < 4.78 is 5.85. The lowest BCUT2D eigenvalue weighted by Gasteiger charge is -2.37. The van der Waals surface area contributed by atoms with Crippen molar-refractivity contribution < 1.29 is 34.4 Å². The predicted molar refractivity (Wildman–Crippen MR) is 83.2 cm³/mol. The Kier molecular flexibility index (Phi) is 4.85. The lowest BCUT2D eigenvalue weighted by atomic mass is 9.73. The van der Waals surface area contributed by atoms with Crippen molar-refractivity contribution >= 4 is 17.3 Å². The number of Topliss-reactive ketones (excluding diaryl/α,β-unsaturated/α-hetero) is 3. The maximum Gasteiger partial charge on any atom is 0.330 e. The van der Waals surface area contributed by atoms with Crippen molar-refractivity contribution in [3.8, 4) is 0 Å². The Balaban J connectivity index is 2.79. The van der Waals surface area contributed by atoms with Crippen molar-refractivity contribution in [1.29, 1.82) is 0 Å². The number of ether oxygens (including phenoxy) is 1. The first kappa shape index (κ1) is 19.8. The van der Waals surface area contributed by atoms with E-state index in [-0.39, 0.29) is 0 Å². The van der Waals surface area contributed by atoms with Gasteiger partial charge < -0.3 is 20.1 Å². The number of aliphatic hydroxyl groups excluding tert-OH is 1. The fourth-order valence-electron chi connectivity index (χ4n) is 3.05. The van der Waals surface area contributed by atoms with Crippen LogP contribution in [0.1, 0.15) is 27.0 Å². The van der Waals surface area contributed by atoms with Crippen LogP contribution in [-0.2, 0) is 19.1 Å². The maximum atomic E-state index is 12.2. The van der Waals surface area contributed by atoms with Crippen LogP contribution in [0, 0.1) is 0 Å². The van der Waals surface area contributed by atoms with Crippen LogP contribution in [0.15, 0.2) is 21.9 Å². The number of aromatic nitrogens is 2. The fourth-order valence-corrected chi connectivity index (χ4v) is 3.05. The molecular formula is C15H18N2O9. The summed E-state index contributed by atoms with van der Waals surface area (Å²) in [5.74, 6) is -3.23. The standard InChI is InChI=1S/C15H18N2O9/c1-6(18)10(22)11-14(24,7(2)19)15(25,8(3)20)12(26-11)17-5-4-9(21)16-13(17)23/h4-5,10-12,22,24-25H,1-3H3,(H,16,21,23)/t10-,11+,12+,14+,15-/m0/s1. The predicted octanol–water partition coefficient (Wildman–Crippen LogP) is -2.98. The largest absolute Gasteiger partial charge is 0.382 e. The second-order valence-corrected chi connectivity index (χ2v) is 6.13. The molecular weight excluding hydrogens is 352 g/mol. The molecule has 1 saturated heterocycles. The summed E-state index contributed by atoms with van der Waals surface area (Å²) in [5, 5.41) is 31.9. The third-order valence-corrected chi connectivity index (χ3v) is 4.51. The minimum absolute atomic E-state index is 0.573. The van der Waals surface area contributed by atoms with E-state index in [0.29, 0.717) is 4.57 Å². The van der Waals surface area contributed by atoms with Gasteiger partial charge in [0, 0.05) is 12.3 Å². The highest BCUT2D eigenvalue weighted by atomic mass is 16.6. The number of nitrogens with one attached hydrogen (secondary N) is 1. The molecule has 1 fully saturated rings. The Labute approximate surface area is 145 Å². The SMILES string of the molecule is CC(=O)[C@H](O)[C@H]1O[C@@H](n2ccc(=O)[nH]c2=O)[C@@](O)(C(C)=O)[C@@]1(O)C(C)=O. The Morgan fingerprint density at radius 3 is 2.12 bits per heavy atom. The normalized spacial score (nSPS) is 32.2. The molecule has 0 aromatic carbocycles. The van der Waals surface area contributed by atoms with E-state index in [4.69, 9.17) is 4.74 Å². The number of hydrogen-bond acceptors (Lipinski definition) is 9. The molecule has 0 radical (unpaired) electrons. The zero-order valence-electron chi connectivity index (χ0n) is 14.1. The molecule has 0 saturated carbocycles. The van der Waals surface area contributed by atoms with Gasteiger partial charge >= 0.3 is 5.69 Å². The van der Waals surface area contributed by atoms with Gasteiger partial charge in [0.05, 0.1) is 0 Å². The van der Waals surface area contributed by atoms with Gasteiger partial charge in [0.25, 0.3) is 5.56 Å². The minimum atomic E-state index is -3.02. The van der Waals surface area contributed by atoms with E-state index in [2.05, 4.69) is 0 Å². The number of carbonyl (C=O) groups is 3. The second-order valence-electron chi connectivity index (χ2n) is 6.13. The smallest absolute Gasteiger partial charge is 0.330 e. The Bertz CT molecular complexity index is 888. The molecule has 0 bridgehead atoms. The highest BCUT2D eigenvalue weighted by Gasteiger charge is 2.73. The van der Waals surface area contributed by atoms with Crippen LogP contribution >= 0.6 is 0 Å². The van der Waals surface area contributed by atoms with Crippen LogP contribution in [0.2, 0.25) is 0 Å². The van der Waals surface area contributed by atoms with E-state index in [1.165, 1.54) is 0 Å².